The summed E-state index contributed by atoms with van der Waals surface area (Å²) in [5.41, 5.74) is 2.40. The summed E-state index contributed by atoms with van der Waals surface area (Å²) >= 11 is 0. The molecule has 0 unspecified atom stereocenters. The van der Waals surface area contributed by atoms with Crippen LogP contribution in [0.4, 0.5) is 0 Å². The van der Waals surface area contributed by atoms with E-state index in [1.54, 1.807) is 0 Å². The Labute approximate surface area is 132 Å². The summed E-state index contributed by atoms with van der Waals surface area (Å²) in [5.74, 6) is 1.40. The molecule has 4 nitrogen and oxygen atoms in total. The molecule has 0 saturated carbocycles. The van der Waals surface area contributed by atoms with Crippen molar-refractivity contribution in [3.05, 3.63) is 53.4 Å². The average Bonchev–Trinajstić information content (AvgIpc) is 2.94. The van der Waals surface area contributed by atoms with Gasteiger partial charge in [0.15, 0.2) is 0 Å². The molecular formula is C18H24N2O2. The molecule has 1 aliphatic heterocycles. The van der Waals surface area contributed by atoms with E-state index < -0.39 is 0 Å². The van der Waals surface area contributed by atoms with Gasteiger partial charge in [0, 0.05) is 38.7 Å². The molecule has 2 atom stereocenters. The maximum absolute atomic E-state index is 5.72. The first-order valence-corrected chi connectivity index (χ1v) is 7.96. The van der Waals surface area contributed by atoms with Crippen molar-refractivity contribution in [2.24, 2.45) is 5.92 Å². The van der Waals surface area contributed by atoms with Crippen LogP contribution < -0.4 is 0 Å². The fourth-order valence-corrected chi connectivity index (χ4v) is 3.37. The molecule has 2 heterocycles. The van der Waals surface area contributed by atoms with E-state index in [0.717, 1.165) is 43.9 Å². The minimum atomic E-state index is 0.343. The van der Waals surface area contributed by atoms with Crippen LogP contribution in [0, 0.1) is 12.8 Å². The highest BCUT2D eigenvalue weighted by Gasteiger charge is 2.29. The third kappa shape index (κ3) is 3.76. The zero-order chi connectivity index (χ0) is 15.4. The monoisotopic (exact) mass is 300 g/mol. The lowest BCUT2D eigenvalue weighted by Crippen LogP contribution is -2.44. The van der Waals surface area contributed by atoms with E-state index in [2.05, 4.69) is 40.4 Å². The van der Waals surface area contributed by atoms with E-state index in [-0.39, 0.29) is 0 Å². The van der Waals surface area contributed by atoms with Gasteiger partial charge in [0.25, 0.3) is 0 Å². The van der Waals surface area contributed by atoms with Crippen LogP contribution >= 0.6 is 0 Å². The molecule has 1 aliphatic rings. The van der Waals surface area contributed by atoms with Crippen LogP contribution in [0.5, 0.6) is 0 Å². The Balaban J connectivity index is 1.64. The molecule has 0 bridgehead atoms. The number of aromatic nitrogens is 1. The zero-order valence-corrected chi connectivity index (χ0v) is 13.4. The van der Waals surface area contributed by atoms with E-state index in [1.807, 2.05) is 20.1 Å². The average molecular weight is 300 g/mol. The Morgan fingerprint density at radius 2 is 2.14 bits per heavy atom. The van der Waals surface area contributed by atoms with Crippen LogP contribution in [-0.2, 0) is 17.7 Å². The predicted molar refractivity (Wildman–Crippen MR) is 85.6 cm³/mol. The topological polar surface area (TPSA) is 38.5 Å². The van der Waals surface area contributed by atoms with Crippen molar-refractivity contribution >= 4 is 0 Å². The molecule has 1 fully saturated rings. The molecule has 0 spiro atoms. The highest BCUT2D eigenvalue weighted by molar-refractivity contribution is 5.16. The number of methoxy groups -OCH3 is 1. The van der Waals surface area contributed by atoms with Crippen LogP contribution in [0.3, 0.4) is 0 Å². The van der Waals surface area contributed by atoms with Gasteiger partial charge in [0.05, 0.1) is 11.8 Å². The molecule has 3 rings (SSSR count). The van der Waals surface area contributed by atoms with Crippen LogP contribution in [-0.4, -0.2) is 36.4 Å². The molecule has 118 valence electrons. The number of benzene rings is 1. The number of ether oxygens (including phenoxy) is 1. The number of rotatable bonds is 5. The Kier molecular flexibility index (Phi) is 4.90. The van der Waals surface area contributed by atoms with Gasteiger partial charge in [-0.25, -0.2) is 0 Å². The van der Waals surface area contributed by atoms with E-state index in [4.69, 9.17) is 9.26 Å². The first-order valence-electron chi connectivity index (χ1n) is 7.96. The number of hydrogen-bond donors (Lipinski definition) is 0. The van der Waals surface area contributed by atoms with Gasteiger partial charge in [-0.05, 0) is 25.3 Å². The molecule has 0 aliphatic carbocycles. The van der Waals surface area contributed by atoms with Crippen molar-refractivity contribution in [2.75, 3.05) is 20.2 Å². The Bertz CT molecular complexity index is 582. The molecule has 1 aromatic heterocycles. The third-order valence-corrected chi connectivity index (χ3v) is 4.45. The molecule has 0 radical (unpaired) electrons. The summed E-state index contributed by atoms with van der Waals surface area (Å²) < 4.78 is 10.9. The van der Waals surface area contributed by atoms with Crippen molar-refractivity contribution in [3.8, 4) is 0 Å². The summed E-state index contributed by atoms with van der Waals surface area (Å²) in [7, 11) is 1.83. The first kappa shape index (κ1) is 15.3. The van der Waals surface area contributed by atoms with Gasteiger partial charge in [-0.3, -0.25) is 4.90 Å². The van der Waals surface area contributed by atoms with Crippen molar-refractivity contribution < 1.29 is 9.26 Å². The predicted octanol–water partition coefficient (Wildman–Crippen LogP) is 3.06. The molecule has 4 heteroatoms. The number of likely N-dealkylation sites (tertiary alicyclic amines) is 1. The summed E-state index contributed by atoms with van der Waals surface area (Å²) in [6.45, 7) is 4.89. The molecule has 22 heavy (non-hydrogen) atoms. The molecule has 0 amide bonds. The van der Waals surface area contributed by atoms with E-state index in [0.29, 0.717) is 12.0 Å². The van der Waals surface area contributed by atoms with Gasteiger partial charge >= 0.3 is 0 Å². The highest BCUT2D eigenvalue weighted by Crippen LogP contribution is 2.24. The summed E-state index contributed by atoms with van der Waals surface area (Å²) in [5, 5.41) is 4.11. The van der Waals surface area contributed by atoms with E-state index >= 15 is 0 Å². The van der Waals surface area contributed by atoms with Gasteiger partial charge in [-0.1, -0.05) is 35.5 Å². The summed E-state index contributed by atoms with van der Waals surface area (Å²) in [6, 6.07) is 12.7. The number of piperidine rings is 1. The Morgan fingerprint density at radius 3 is 2.82 bits per heavy atom. The normalized spacial score (nSPS) is 22.8. The van der Waals surface area contributed by atoms with E-state index in [9.17, 15) is 0 Å². The zero-order valence-electron chi connectivity index (χ0n) is 13.4. The highest BCUT2D eigenvalue weighted by atomic mass is 16.5. The Morgan fingerprint density at radius 1 is 1.32 bits per heavy atom. The SMILES string of the molecule is CO[C@H]1CCN(Cc2cc(C)on2)C[C@@H]1Cc1ccccc1. The minimum Gasteiger partial charge on any atom is -0.381 e. The number of nitrogens with zero attached hydrogens (tertiary/aromatic N) is 2. The Hall–Kier alpha value is -1.65. The largest absolute Gasteiger partial charge is 0.381 e. The van der Waals surface area contributed by atoms with E-state index in [1.165, 1.54) is 5.56 Å². The second kappa shape index (κ2) is 7.07. The van der Waals surface area contributed by atoms with Crippen LogP contribution in [0.2, 0.25) is 0 Å². The van der Waals surface area contributed by atoms with Gasteiger partial charge in [-0.15, -0.1) is 0 Å². The number of aryl methyl sites for hydroxylation is 1. The standard InChI is InChI=1S/C18H24N2O2/c1-14-10-17(19-22-14)13-20-9-8-18(21-2)16(12-20)11-15-6-4-3-5-7-15/h3-7,10,16,18H,8-9,11-13H2,1-2H3/t16-,18-/m0/s1. The fraction of sp³-hybridized carbons (Fsp3) is 0.500. The fourth-order valence-electron chi connectivity index (χ4n) is 3.37. The van der Waals surface area contributed by atoms with Crippen LogP contribution in [0.15, 0.2) is 40.9 Å². The van der Waals surface area contributed by atoms with Crippen LogP contribution in [0.25, 0.3) is 0 Å². The van der Waals surface area contributed by atoms with Gasteiger partial charge < -0.3 is 9.26 Å². The minimum absolute atomic E-state index is 0.343. The molecule has 0 N–H and O–H groups in total. The molecule has 1 saturated heterocycles. The van der Waals surface area contributed by atoms with Crippen molar-refractivity contribution in [3.63, 3.8) is 0 Å². The van der Waals surface area contributed by atoms with Gasteiger partial charge in [-0.2, -0.15) is 0 Å². The first-order chi connectivity index (χ1) is 10.7. The molecule has 2 aromatic rings. The quantitative estimate of drug-likeness (QED) is 0.850. The second-order valence-electron chi connectivity index (χ2n) is 6.18. The van der Waals surface area contributed by atoms with Crippen molar-refractivity contribution in [1.82, 2.24) is 10.1 Å². The second-order valence-corrected chi connectivity index (χ2v) is 6.18. The van der Waals surface area contributed by atoms with Crippen LogP contribution in [0.1, 0.15) is 23.4 Å². The maximum Gasteiger partial charge on any atom is 0.133 e. The lowest BCUT2D eigenvalue weighted by atomic mass is 9.88. The smallest absolute Gasteiger partial charge is 0.133 e. The van der Waals surface area contributed by atoms with Crippen molar-refractivity contribution in [2.45, 2.75) is 32.4 Å². The molecule has 1 aromatic carbocycles. The maximum atomic E-state index is 5.72. The summed E-state index contributed by atoms with van der Waals surface area (Å²) in [4.78, 5) is 2.46. The summed E-state index contributed by atoms with van der Waals surface area (Å²) in [6.07, 6.45) is 2.48. The number of hydrogen-bond acceptors (Lipinski definition) is 4. The van der Waals surface area contributed by atoms with Gasteiger partial charge in [0.1, 0.15) is 5.76 Å². The third-order valence-electron chi connectivity index (χ3n) is 4.45. The lowest BCUT2D eigenvalue weighted by Gasteiger charge is -2.37. The van der Waals surface area contributed by atoms with Crippen molar-refractivity contribution in [1.29, 1.82) is 0 Å². The van der Waals surface area contributed by atoms with Gasteiger partial charge in [0.2, 0.25) is 0 Å². The molecular weight excluding hydrogens is 276 g/mol. The lowest BCUT2D eigenvalue weighted by molar-refractivity contribution is -0.00896.